The van der Waals surface area contributed by atoms with Gasteiger partial charge < -0.3 is 14.6 Å². The lowest BCUT2D eigenvalue weighted by molar-refractivity contribution is -0.131. The van der Waals surface area contributed by atoms with E-state index in [2.05, 4.69) is 15.9 Å². The van der Waals surface area contributed by atoms with Gasteiger partial charge in [0.15, 0.2) is 11.5 Å². The Morgan fingerprint density at radius 2 is 1.74 bits per heavy atom. The highest BCUT2D eigenvalue weighted by atomic mass is 79.9. The molecule has 6 heteroatoms. The molecule has 19 heavy (non-hydrogen) atoms. The molecule has 100 valence electrons. The number of ether oxygens (including phenoxy) is 2. The first-order valence-corrected chi connectivity index (χ1v) is 6.79. The fourth-order valence-corrected chi connectivity index (χ4v) is 3.03. The number of rotatable bonds is 2. The molecular formula is C13H11BrO5. The van der Waals surface area contributed by atoms with Crippen molar-refractivity contribution >= 4 is 27.7 Å². The largest absolute Gasteiger partial charge is 0.475 e. The van der Waals surface area contributed by atoms with Crippen LogP contribution in [0.3, 0.4) is 0 Å². The Kier molecular flexibility index (Phi) is 2.78. The number of benzene rings is 1. The van der Waals surface area contributed by atoms with Crippen LogP contribution < -0.4 is 9.47 Å². The summed E-state index contributed by atoms with van der Waals surface area (Å²) in [5.41, 5.74) is 0.0740. The summed E-state index contributed by atoms with van der Waals surface area (Å²) in [7, 11) is 0. The Labute approximate surface area is 117 Å². The van der Waals surface area contributed by atoms with E-state index in [1.807, 2.05) is 0 Å². The number of ketones is 1. The van der Waals surface area contributed by atoms with Gasteiger partial charge in [-0.3, -0.25) is 4.79 Å². The number of Topliss-reactive ketones (excluding diaryl/α,β-unsaturated/α-hetero) is 1. The fraction of sp³-hybridized carbons (Fsp3) is 0.385. The minimum atomic E-state index is -1.49. The lowest BCUT2D eigenvalue weighted by atomic mass is 10.1. The van der Waals surface area contributed by atoms with E-state index in [1.165, 1.54) is 6.07 Å². The van der Waals surface area contributed by atoms with Gasteiger partial charge in [0.2, 0.25) is 0 Å². The molecule has 1 aromatic carbocycles. The lowest BCUT2D eigenvalue weighted by Crippen LogP contribution is -2.34. The number of carbonyl (C=O) groups is 2. The van der Waals surface area contributed by atoms with Crippen molar-refractivity contribution in [3.05, 3.63) is 22.2 Å². The highest BCUT2D eigenvalue weighted by Crippen LogP contribution is 2.48. The highest BCUT2D eigenvalue weighted by molar-refractivity contribution is 9.10. The van der Waals surface area contributed by atoms with Gasteiger partial charge in [0.05, 0.1) is 0 Å². The van der Waals surface area contributed by atoms with Gasteiger partial charge in [0.25, 0.3) is 11.6 Å². The zero-order valence-electron chi connectivity index (χ0n) is 9.94. The summed E-state index contributed by atoms with van der Waals surface area (Å²) in [5, 5.41) is 8.77. The van der Waals surface area contributed by atoms with Gasteiger partial charge in [-0.1, -0.05) is 0 Å². The van der Waals surface area contributed by atoms with Gasteiger partial charge in [-0.25, -0.2) is 4.79 Å². The van der Waals surface area contributed by atoms with E-state index < -0.39 is 17.5 Å². The van der Waals surface area contributed by atoms with Gasteiger partial charge in [0.1, 0.15) is 0 Å². The molecule has 0 amide bonds. The Balaban J connectivity index is 1.98. The topological polar surface area (TPSA) is 72.8 Å². The van der Waals surface area contributed by atoms with Crippen LogP contribution in [0.15, 0.2) is 16.6 Å². The van der Waals surface area contributed by atoms with E-state index in [0.29, 0.717) is 16.0 Å². The molecule has 1 fully saturated rings. The second kappa shape index (κ2) is 4.23. The molecule has 1 N–H and O–H groups in total. The molecule has 0 atom stereocenters. The van der Waals surface area contributed by atoms with Crippen molar-refractivity contribution in [2.45, 2.75) is 31.5 Å². The second-order valence-electron chi connectivity index (χ2n) is 4.73. The SMILES string of the molecule is O=C(O)C(=O)c1cc2c(cc1Br)OC1(CCCC1)O2. The van der Waals surface area contributed by atoms with Crippen molar-refractivity contribution in [3.8, 4) is 11.5 Å². The molecule has 1 aliphatic carbocycles. The number of carboxylic acid groups (broad SMARTS) is 1. The minimum Gasteiger partial charge on any atom is -0.475 e. The molecule has 2 aliphatic rings. The Bertz CT molecular complexity index is 575. The molecular weight excluding hydrogens is 316 g/mol. The summed E-state index contributed by atoms with van der Waals surface area (Å²) < 4.78 is 12.0. The van der Waals surface area contributed by atoms with E-state index in [9.17, 15) is 9.59 Å². The average Bonchev–Trinajstić information content (AvgIpc) is 2.94. The van der Waals surface area contributed by atoms with Gasteiger partial charge in [-0.15, -0.1) is 0 Å². The third-order valence-corrected chi connectivity index (χ3v) is 4.09. The first-order chi connectivity index (χ1) is 9.01. The zero-order chi connectivity index (χ0) is 13.6. The van der Waals surface area contributed by atoms with Crippen LogP contribution in [0.1, 0.15) is 36.0 Å². The van der Waals surface area contributed by atoms with Gasteiger partial charge in [0, 0.05) is 22.9 Å². The Hall–Kier alpha value is -1.56. The summed E-state index contributed by atoms with van der Waals surface area (Å²) >= 11 is 3.20. The predicted octanol–water partition coefficient (Wildman–Crippen LogP) is 2.76. The lowest BCUT2D eigenvalue weighted by Gasteiger charge is -2.21. The number of fused-ring (bicyclic) bond motifs is 1. The zero-order valence-corrected chi connectivity index (χ0v) is 11.5. The maximum Gasteiger partial charge on any atom is 0.377 e. The number of aliphatic carboxylic acids is 1. The predicted molar refractivity (Wildman–Crippen MR) is 68.6 cm³/mol. The maximum atomic E-state index is 11.6. The van der Waals surface area contributed by atoms with Crippen LogP contribution in [0.25, 0.3) is 0 Å². The number of carbonyl (C=O) groups excluding carboxylic acids is 1. The van der Waals surface area contributed by atoms with E-state index in [-0.39, 0.29) is 5.56 Å². The molecule has 0 unspecified atom stereocenters. The summed E-state index contributed by atoms with van der Waals surface area (Å²) in [6.45, 7) is 0. The average molecular weight is 327 g/mol. The normalized spacial score (nSPS) is 18.8. The van der Waals surface area contributed by atoms with E-state index in [4.69, 9.17) is 14.6 Å². The smallest absolute Gasteiger partial charge is 0.377 e. The van der Waals surface area contributed by atoms with Crippen molar-refractivity contribution < 1.29 is 24.2 Å². The van der Waals surface area contributed by atoms with E-state index in [1.54, 1.807) is 6.07 Å². The first-order valence-electron chi connectivity index (χ1n) is 6.00. The summed E-state index contributed by atoms with van der Waals surface area (Å²) in [6, 6.07) is 3.03. The summed E-state index contributed by atoms with van der Waals surface area (Å²) in [5.74, 6) is -2.08. The Morgan fingerprint density at radius 1 is 1.16 bits per heavy atom. The molecule has 1 spiro atoms. The molecule has 1 heterocycles. The summed E-state index contributed by atoms with van der Waals surface area (Å²) in [6.07, 6.45) is 3.69. The molecule has 1 aliphatic heterocycles. The third kappa shape index (κ3) is 2.00. The number of halogens is 1. The molecule has 5 nitrogen and oxygen atoms in total. The highest BCUT2D eigenvalue weighted by Gasteiger charge is 2.44. The molecule has 1 aromatic rings. The number of hydrogen-bond donors (Lipinski definition) is 1. The van der Waals surface area contributed by atoms with Crippen LogP contribution in [0.5, 0.6) is 11.5 Å². The molecule has 0 aromatic heterocycles. The molecule has 0 saturated heterocycles. The maximum absolute atomic E-state index is 11.6. The first kappa shape index (κ1) is 12.5. The van der Waals surface area contributed by atoms with Crippen LogP contribution in [0.2, 0.25) is 0 Å². The summed E-state index contributed by atoms with van der Waals surface area (Å²) in [4.78, 5) is 22.3. The van der Waals surface area contributed by atoms with Crippen molar-refractivity contribution in [1.82, 2.24) is 0 Å². The van der Waals surface area contributed by atoms with Crippen LogP contribution >= 0.6 is 15.9 Å². The van der Waals surface area contributed by atoms with E-state index >= 15 is 0 Å². The number of hydrogen-bond acceptors (Lipinski definition) is 4. The van der Waals surface area contributed by atoms with Crippen LogP contribution in [-0.2, 0) is 4.79 Å². The second-order valence-corrected chi connectivity index (χ2v) is 5.59. The monoisotopic (exact) mass is 326 g/mol. The van der Waals surface area contributed by atoms with Gasteiger partial charge >= 0.3 is 5.97 Å². The minimum absolute atomic E-state index is 0.0740. The Morgan fingerprint density at radius 3 is 2.32 bits per heavy atom. The number of carboxylic acids is 1. The van der Waals surface area contributed by atoms with Crippen LogP contribution in [0, 0.1) is 0 Å². The van der Waals surface area contributed by atoms with Crippen LogP contribution in [-0.4, -0.2) is 22.6 Å². The van der Waals surface area contributed by atoms with Gasteiger partial charge in [-0.2, -0.15) is 0 Å². The van der Waals surface area contributed by atoms with Gasteiger partial charge in [-0.05, 0) is 40.9 Å². The van der Waals surface area contributed by atoms with Crippen molar-refractivity contribution in [3.63, 3.8) is 0 Å². The van der Waals surface area contributed by atoms with Crippen molar-refractivity contribution in [2.24, 2.45) is 0 Å². The molecule has 3 rings (SSSR count). The standard InChI is InChI=1S/C13H11BrO5/c14-8-6-10-9(5-7(8)11(15)12(16)17)18-13(19-10)3-1-2-4-13/h5-6H,1-4H2,(H,16,17). The quantitative estimate of drug-likeness (QED) is 0.668. The molecule has 1 saturated carbocycles. The van der Waals surface area contributed by atoms with Crippen molar-refractivity contribution in [2.75, 3.05) is 0 Å². The third-order valence-electron chi connectivity index (χ3n) is 3.43. The van der Waals surface area contributed by atoms with Crippen LogP contribution in [0.4, 0.5) is 0 Å². The molecule has 0 radical (unpaired) electrons. The fourth-order valence-electron chi connectivity index (χ4n) is 2.52. The van der Waals surface area contributed by atoms with Crippen molar-refractivity contribution in [1.29, 1.82) is 0 Å². The van der Waals surface area contributed by atoms with E-state index in [0.717, 1.165) is 25.7 Å². The molecule has 0 bridgehead atoms.